The van der Waals surface area contributed by atoms with Crippen LogP contribution in [0.3, 0.4) is 0 Å². The van der Waals surface area contributed by atoms with Crippen molar-refractivity contribution in [3.8, 4) is 0 Å². The van der Waals surface area contributed by atoms with E-state index in [9.17, 15) is 0 Å². The Kier molecular flexibility index (Phi) is 1.96. The van der Waals surface area contributed by atoms with Crippen molar-refractivity contribution in [1.82, 2.24) is 0 Å². The molecule has 2 aromatic rings. The third-order valence-electron chi connectivity index (χ3n) is 1.77. The van der Waals surface area contributed by atoms with E-state index in [1.807, 2.05) is 12.1 Å². The molecule has 0 fully saturated rings. The lowest BCUT2D eigenvalue weighted by atomic mass is 10.2. The monoisotopic (exact) mass is 191 g/mol. The predicted octanol–water partition coefficient (Wildman–Crippen LogP) is 3.51. The zero-order chi connectivity index (χ0) is 9.26. The molecule has 0 N–H and O–H groups in total. The van der Waals surface area contributed by atoms with Gasteiger partial charge in [-0.05, 0) is 18.2 Å². The summed E-state index contributed by atoms with van der Waals surface area (Å²) in [5, 5.41) is 1.64. The smallest absolute Gasteiger partial charge is 0.271 e. The number of benzene rings is 1. The van der Waals surface area contributed by atoms with Crippen LogP contribution in [0.1, 0.15) is 5.76 Å². The average molecular weight is 192 g/mol. The maximum absolute atomic E-state index is 6.69. The molecule has 2 nitrogen and oxygen atoms in total. The highest BCUT2D eigenvalue weighted by Gasteiger charge is 2.04. The van der Waals surface area contributed by atoms with Gasteiger partial charge in [-0.25, -0.2) is 6.57 Å². The van der Waals surface area contributed by atoms with E-state index in [-0.39, 0.29) is 6.54 Å². The zero-order valence-electron chi connectivity index (χ0n) is 6.75. The first-order chi connectivity index (χ1) is 6.29. The third-order valence-corrected chi connectivity index (χ3v) is 2.00. The van der Waals surface area contributed by atoms with E-state index in [4.69, 9.17) is 22.6 Å². The van der Waals surface area contributed by atoms with Crippen molar-refractivity contribution in [3.63, 3.8) is 0 Å². The summed E-state index contributed by atoms with van der Waals surface area (Å²) in [7, 11) is 0. The average Bonchev–Trinajstić information content (AvgIpc) is 2.46. The summed E-state index contributed by atoms with van der Waals surface area (Å²) in [6, 6.07) is 7.31. The van der Waals surface area contributed by atoms with Crippen LogP contribution in [0.5, 0.6) is 0 Å². The molecule has 0 radical (unpaired) electrons. The number of furan rings is 1. The number of hydrogen-bond acceptors (Lipinski definition) is 1. The molecule has 0 aliphatic carbocycles. The molecule has 13 heavy (non-hydrogen) atoms. The largest absolute Gasteiger partial charge is 0.453 e. The van der Waals surface area contributed by atoms with Crippen LogP contribution < -0.4 is 0 Å². The van der Waals surface area contributed by atoms with Crippen LogP contribution in [0, 0.1) is 6.57 Å². The minimum absolute atomic E-state index is 0.284. The van der Waals surface area contributed by atoms with Gasteiger partial charge in [0, 0.05) is 16.5 Å². The van der Waals surface area contributed by atoms with E-state index >= 15 is 0 Å². The van der Waals surface area contributed by atoms with Crippen molar-refractivity contribution < 1.29 is 4.42 Å². The highest BCUT2D eigenvalue weighted by atomic mass is 35.5. The topological polar surface area (TPSA) is 17.5 Å². The standard InChI is InChI=1S/C10H6ClNO/c1-12-6-9-4-7-2-3-8(11)5-10(7)13-9/h2-5H,6H2. The minimum Gasteiger partial charge on any atom is -0.453 e. The van der Waals surface area contributed by atoms with E-state index in [1.54, 1.807) is 12.1 Å². The van der Waals surface area contributed by atoms with E-state index in [0.717, 1.165) is 11.0 Å². The summed E-state index contributed by atoms with van der Waals surface area (Å²) in [6.07, 6.45) is 0. The Morgan fingerprint density at radius 2 is 2.23 bits per heavy atom. The second kappa shape index (κ2) is 3.12. The second-order valence-corrected chi connectivity index (χ2v) is 3.15. The molecular weight excluding hydrogens is 186 g/mol. The molecule has 0 atom stereocenters. The Morgan fingerprint density at radius 3 is 3.00 bits per heavy atom. The molecule has 0 amide bonds. The maximum atomic E-state index is 6.69. The lowest BCUT2D eigenvalue weighted by molar-refractivity contribution is 0.565. The first-order valence-corrected chi connectivity index (χ1v) is 4.18. The molecule has 64 valence electrons. The van der Waals surface area contributed by atoms with E-state index in [0.29, 0.717) is 10.8 Å². The Bertz CT molecular complexity index is 481. The quantitative estimate of drug-likeness (QED) is 0.631. The maximum Gasteiger partial charge on any atom is 0.271 e. The van der Waals surface area contributed by atoms with Crippen LogP contribution in [0.4, 0.5) is 0 Å². The van der Waals surface area contributed by atoms with Crippen LogP contribution in [-0.2, 0) is 6.54 Å². The first kappa shape index (κ1) is 8.15. The number of halogens is 1. The Labute approximate surface area is 80.5 Å². The summed E-state index contributed by atoms with van der Waals surface area (Å²) in [4.78, 5) is 3.25. The van der Waals surface area contributed by atoms with Crippen molar-refractivity contribution >= 4 is 22.6 Å². The van der Waals surface area contributed by atoms with Gasteiger partial charge in [-0.3, -0.25) is 0 Å². The molecule has 0 unspecified atom stereocenters. The first-order valence-electron chi connectivity index (χ1n) is 3.81. The highest BCUT2D eigenvalue weighted by Crippen LogP contribution is 2.23. The fourth-order valence-corrected chi connectivity index (χ4v) is 1.38. The van der Waals surface area contributed by atoms with Crippen molar-refractivity contribution in [2.45, 2.75) is 6.54 Å². The van der Waals surface area contributed by atoms with Gasteiger partial charge in [0.15, 0.2) is 5.76 Å². The Morgan fingerprint density at radius 1 is 1.38 bits per heavy atom. The minimum atomic E-state index is 0.284. The summed E-state index contributed by atoms with van der Waals surface area (Å²) >= 11 is 5.78. The van der Waals surface area contributed by atoms with Gasteiger partial charge in [0.2, 0.25) is 0 Å². The molecule has 1 aromatic carbocycles. The van der Waals surface area contributed by atoms with Gasteiger partial charge in [-0.1, -0.05) is 11.6 Å². The SMILES string of the molecule is [C-]#[N+]Cc1cc2ccc(Cl)cc2o1. The Hall–Kier alpha value is -1.46. The van der Waals surface area contributed by atoms with Crippen LogP contribution >= 0.6 is 11.6 Å². The molecule has 2 rings (SSSR count). The molecule has 0 aliphatic heterocycles. The van der Waals surface area contributed by atoms with Gasteiger partial charge in [0.1, 0.15) is 5.58 Å². The van der Waals surface area contributed by atoms with Gasteiger partial charge in [0.25, 0.3) is 6.54 Å². The lowest BCUT2D eigenvalue weighted by Gasteiger charge is -1.87. The molecule has 0 aliphatic rings. The van der Waals surface area contributed by atoms with Gasteiger partial charge in [-0.15, -0.1) is 0 Å². The van der Waals surface area contributed by atoms with E-state index in [1.165, 1.54) is 0 Å². The lowest BCUT2D eigenvalue weighted by Crippen LogP contribution is -1.67. The van der Waals surface area contributed by atoms with Gasteiger partial charge in [0.05, 0.1) is 0 Å². The number of fused-ring (bicyclic) bond motifs is 1. The van der Waals surface area contributed by atoms with Crippen LogP contribution in [0.15, 0.2) is 28.7 Å². The normalized spacial score (nSPS) is 10.2. The number of nitrogens with zero attached hydrogens (tertiary/aromatic N) is 1. The van der Waals surface area contributed by atoms with Crippen molar-refractivity contribution in [3.05, 3.63) is 46.5 Å². The highest BCUT2D eigenvalue weighted by molar-refractivity contribution is 6.31. The molecule has 3 heteroatoms. The molecule has 1 heterocycles. The molecule has 0 saturated heterocycles. The molecule has 1 aromatic heterocycles. The fraction of sp³-hybridized carbons (Fsp3) is 0.100. The zero-order valence-corrected chi connectivity index (χ0v) is 7.51. The van der Waals surface area contributed by atoms with Gasteiger partial charge in [-0.2, -0.15) is 0 Å². The summed E-state index contributed by atoms with van der Waals surface area (Å²) < 4.78 is 5.39. The van der Waals surface area contributed by atoms with Gasteiger partial charge < -0.3 is 9.26 Å². The number of rotatable bonds is 1. The van der Waals surface area contributed by atoms with Crippen LogP contribution in [-0.4, -0.2) is 0 Å². The molecular formula is C10H6ClNO. The summed E-state index contributed by atoms with van der Waals surface area (Å²) in [5.74, 6) is 0.687. The molecule has 0 saturated carbocycles. The van der Waals surface area contributed by atoms with Crippen LogP contribution in [0.25, 0.3) is 15.8 Å². The second-order valence-electron chi connectivity index (χ2n) is 2.71. The van der Waals surface area contributed by atoms with E-state index < -0.39 is 0 Å². The molecule has 0 bridgehead atoms. The third kappa shape index (κ3) is 1.51. The fourth-order valence-electron chi connectivity index (χ4n) is 1.22. The van der Waals surface area contributed by atoms with Crippen LogP contribution in [0.2, 0.25) is 5.02 Å². The van der Waals surface area contributed by atoms with Gasteiger partial charge >= 0.3 is 0 Å². The number of hydrogen-bond donors (Lipinski definition) is 0. The van der Waals surface area contributed by atoms with Crippen molar-refractivity contribution in [2.24, 2.45) is 0 Å². The van der Waals surface area contributed by atoms with Crippen molar-refractivity contribution in [1.29, 1.82) is 0 Å². The predicted molar refractivity (Wildman–Crippen MR) is 51.5 cm³/mol. The Balaban J connectivity index is 2.57. The summed E-state index contributed by atoms with van der Waals surface area (Å²) in [5.41, 5.74) is 0.742. The molecule has 0 spiro atoms. The van der Waals surface area contributed by atoms with Crippen molar-refractivity contribution in [2.75, 3.05) is 0 Å². The summed E-state index contributed by atoms with van der Waals surface area (Å²) in [6.45, 7) is 6.98. The van der Waals surface area contributed by atoms with E-state index in [2.05, 4.69) is 4.85 Å².